The summed E-state index contributed by atoms with van der Waals surface area (Å²) in [6.45, 7) is 0. The number of alkyl halides is 1. The number of nitrogens with zero attached hydrogens (tertiary/aromatic N) is 4. The number of hydrogen-bond acceptors (Lipinski definition) is 6. The molecule has 31 heavy (non-hydrogen) atoms. The van der Waals surface area contributed by atoms with Gasteiger partial charge < -0.3 is 15.7 Å². The molecule has 1 amide bonds. The number of anilines is 1. The predicted octanol–water partition coefficient (Wildman–Crippen LogP) is 3.08. The van der Waals surface area contributed by atoms with Crippen LogP contribution in [0.15, 0.2) is 42.6 Å². The minimum atomic E-state index is -1.10. The molecule has 0 bridgehead atoms. The highest BCUT2D eigenvalue weighted by Gasteiger charge is 2.52. The van der Waals surface area contributed by atoms with Crippen LogP contribution in [-0.4, -0.2) is 39.4 Å². The highest BCUT2D eigenvalue weighted by molar-refractivity contribution is 5.96. The van der Waals surface area contributed by atoms with Crippen LogP contribution in [0.5, 0.6) is 5.75 Å². The van der Waals surface area contributed by atoms with Crippen LogP contribution in [0.3, 0.4) is 0 Å². The average molecular weight is 429 g/mol. The fraction of sp³-hybridized carbons (Fsp3) is 0.238. The topological polar surface area (TPSA) is 105 Å². The molecule has 0 radical (unpaired) electrons. The second-order valence-corrected chi connectivity index (χ2v) is 7.42. The quantitative estimate of drug-likeness (QED) is 0.646. The molecule has 0 aliphatic heterocycles. The molecular weight excluding hydrogens is 411 g/mol. The van der Waals surface area contributed by atoms with Crippen LogP contribution in [0.25, 0.3) is 11.3 Å². The molecule has 1 fully saturated rings. The summed E-state index contributed by atoms with van der Waals surface area (Å²) in [7, 11) is 1.63. The van der Waals surface area contributed by atoms with E-state index < -0.39 is 35.0 Å². The maximum atomic E-state index is 14.4. The lowest BCUT2D eigenvalue weighted by molar-refractivity contribution is 0.0865. The molecule has 0 unspecified atom stereocenters. The van der Waals surface area contributed by atoms with Gasteiger partial charge in [-0.3, -0.25) is 9.78 Å². The van der Waals surface area contributed by atoms with Crippen LogP contribution in [0, 0.1) is 11.6 Å². The van der Waals surface area contributed by atoms with E-state index in [1.165, 1.54) is 30.5 Å². The van der Waals surface area contributed by atoms with Crippen molar-refractivity contribution < 1.29 is 23.1 Å². The summed E-state index contributed by atoms with van der Waals surface area (Å²) in [4.78, 5) is 17.1. The standard InChI is InChI=1S/C21H18F3N5O2/c1-29(21(9-11(22)10-21)19-14(23)3-2-6-26-19)18-5-4-16(27-28-18)12-7-13(20(25)31)17(30)8-15(12)24/h2-8,11,30H,9-10H2,1H3,(H2,25,31). The van der Waals surface area contributed by atoms with Crippen molar-refractivity contribution in [1.82, 2.24) is 15.2 Å². The van der Waals surface area contributed by atoms with E-state index in [2.05, 4.69) is 15.2 Å². The highest BCUT2D eigenvalue weighted by atomic mass is 19.1. The second-order valence-electron chi connectivity index (χ2n) is 7.42. The van der Waals surface area contributed by atoms with Crippen LogP contribution in [0.2, 0.25) is 0 Å². The van der Waals surface area contributed by atoms with Gasteiger partial charge in [-0.15, -0.1) is 10.2 Å². The lowest BCUT2D eigenvalue weighted by atomic mass is 9.71. The van der Waals surface area contributed by atoms with E-state index >= 15 is 0 Å². The van der Waals surface area contributed by atoms with Crippen molar-refractivity contribution in [2.45, 2.75) is 24.6 Å². The molecule has 1 aromatic carbocycles. The number of amides is 1. The van der Waals surface area contributed by atoms with E-state index in [1.807, 2.05) is 0 Å². The summed E-state index contributed by atoms with van der Waals surface area (Å²) < 4.78 is 42.6. The highest BCUT2D eigenvalue weighted by Crippen LogP contribution is 2.48. The van der Waals surface area contributed by atoms with Crippen molar-refractivity contribution in [3.8, 4) is 17.0 Å². The molecule has 3 N–H and O–H groups in total. The number of halogens is 3. The summed E-state index contributed by atoms with van der Waals surface area (Å²) in [6.07, 6.45) is 0.415. The van der Waals surface area contributed by atoms with Crippen molar-refractivity contribution in [2.75, 3.05) is 11.9 Å². The van der Waals surface area contributed by atoms with Gasteiger partial charge in [0.2, 0.25) is 0 Å². The lowest BCUT2D eigenvalue weighted by Gasteiger charge is -2.50. The van der Waals surface area contributed by atoms with Crippen molar-refractivity contribution in [3.05, 3.63) is 65.5 Å². The number of aromatic nitrogens is 3. The van der Waals surface area contributed by atoms with Gasteiger partial charge >= 0.3 is 0 Å². The van der Waals surface area contributed by atoms with E-state index in [9.17, 15) is 23.1 Å². The molecule has 1 aliphatic rings. The number of pyridine rings is 1. The number of hydrogen-bond donors (Lipinski definition) is 2. The zero-order valence-electron chi connectivity index (χ0n) is 16.4. The Hall–Kier alpha value is -3.69. The molecule has 1 saturated carbocycles. The minimum Gasteiger partial charge on any atom is -0.507 e. The van der Waals surface area contributed by atoms with Gasteiger partial charge in [-0.1, -0.05) is 0 Å². The third-order valence-electron chi connectivity index (χ3n) is 5.58. The minimum absolute atomic E-state index is 0.0371. The van der Waals surface area contributed by atoms with Gasteiger partial charge in [0.1, 0.15) is 29.2 Å². The van der Waals surface area contributed by atoms with E-state index in [-0.39, 0.29) is 35.4 Å². The molecule has 160 valence electrons. The molecular formula is C21H18F3N5O2. The molecule has 2 heterocycles. The van der Waals surface area contributed by atoms with Crippen LogP contribution in [0.1, 0.15) is 28.9 Å². The first-order valence-corrected chi connectivity index (χ1v) is 9.38. The fourth-order valence-electron chi connectivity index (χ4n) is 3.85. The third kappa shape index (κ3) is 3.43. The van der Waals surface area contributed by atoms with Crippen LogP contribution < -0.4 is 10.6 Å². The third-order valence-corrected chi connectivity index (χ3v) is 5.58. The van der Waals surface area contributed by atoms with Gasteiger partial charge in [-0.05, 0) is 30.3 Å². The molecule has 1 aliphatic carbocycles. The van der Waals surface area contributed by atoms with Gasteiger partial charge in [0.05, 0.1) is 16.8 Å². The Labute approximate surface area is 175 Å². The molecule has 3 aromatic rings. The molecule has 10 heteroatoms. The fourth-order valence-corrected chi connectivity index (χ4v) is 3.85. The Morgan fingerprint density at radius 1 is 1.19 bits per heavy atom. The van der Waals surface area contributed by atoms with E-state index in [1.54, 1.807) is 11.9 Å². The Bertz CT molecular complexity index is 1150. The maximum absolute atomic E-state index is 14.4. The molecule has 2 aromatic heterocycles. The first-order chi connectivity index (χ1) is 14.7. The van der Waals surface area contributed by atoms with Crippen molar-refractivity contribution in [3.63, 3.8) is 0 Å². The van der Waals surface area contributed by atoms with E-state index in [0.29, 0.717) is 5.82 Å². The summed E-state index contributed by atoms with van der Waals surface area (Å²) >= 11 is 0. The summed E-state index contributed by atoms with van der Waals surface area (Å²) in [5.74, 6) is -2.56. The average Bonchev–Trinajstić information content (AvgIpc) is 2.71. The number of benzene rings is 1. The molecule has 4 rings (SSSR count). The van der Waals surface area contributed by atoms with E-state index in [4.69, 9.17) is 5.73 Å². The Morgan fingerprint density at radius 3 is 2.52 bits per heavy atom. The zero-order chi connectivity index (χ0) is 22.3. The SMILES string of the molecule is CN(c1ccc(-c2cc(C(N)=O)c(O)cc2F)nn1)C1(c2ncccc2F)CC(F)C1. The number of rotatable bonds is 5. The predicted molar refractivity (Wildman–Crippen MR) is 106 cm³/mol. The second kappa shape index (κ2) is 7.53. The number of nitrogens with two attached hydrogens (primary N) is 1. The Balaban J connectivity index is 1.69. The summed E-state index contributed by atoms with van der Waals surface area (Å²) in [6, 6.07) is 7.55. The lowest BCUT2D eigenvalue weighted by Crippen LogP contribution is -2.56. The van der Waals surface area contributed by atoms with Gasteiger partial charge in [0.15, 0.2) is 5.82 Å². The Morgan fingerprint density at radius 2 is 1.94 bits per heavy atom. The van der Waals surface area contributed by atoms with Crippen LogP contribution in [-0.2, 0) is 5.54 Å². The normalized spacial score (nSPS) is 20.2. The smallest absolute Gasteiger partial charge is 0.252 e. The summed E-state index contributed by atoms with van der Waals surface area (Å²) in [5, 5.41) is 17.7. The maximum Gasteiger partial charge on any atom is 0.252 e. The number of carbonyl (C=O) groups is 1. The molecule has 0 atom stereocenters. The van der Waals surface area contributed by atoms with Crippen molar-refractivity contribution >= 4 is 11.7 Å². The first-order valence-electron chi connectivity index (χ1n) is 9.38. The molecule has 0 saturated heterocycles. The number of carbonyl (C=O) groups excluding carboxylic acids is 1. The van der Waals surface area contributed by atoms with Gasteiger partial charge in [-0.2, -0.15) is 0 Å². The van der Waals surface area contributed by atoms with Crippen LogP contribution in [0.4, 0.5) is 19.0 Å². The monoisotopic (exact) mass is 429 g/mol. The van der Waals surface area contributed by atoms with Crippen molar-refractivity contribution in [1.29, 1.82) is 0 Å². The zero-order valence-corrected chi connectivity index (χ0v) is 16.4. The van der Waals surface area contributed by atoms with Crippen molar-refractivity contribution in [2.24, 2.45) is 5.73 Å². The van der Waals surface area contributed by atoms with Gasteiger partial charge in [0.25, 0.3) is 5.91 Å². The first kappa shape index (κ1) is 20.6. The molecule has 0 spiro atoms. The largest absolute Gasteiger partial charge is 0.507 e. The Kier molecular flexibility index (Phi) is 5.00. The number of primary amides is 1. The molecule has 7 nitrogen and oxygen atoms in total. The number of aromatic hydroxyl groups is 1. The summed E-state index contributed by atoms with van der Waals surface area (Å²) in [5.41, 5.74) is 4.04. The van der Waals surface area contributed by atoms with Gasteiger partial charge in [-0.25, -0.2) is 13.2 Å². The van der Waals surface area contributed by atoms with Crippen LogP contribution >= 0.6 is 0 Å². The van der Waals surface area contributed by atoms with E-state index in [0.717, 1.165) is 12.1 Å². The van der Waals surface area contributed by atoms with Gasteiger partial charge in [0, 0.05) is 37.7 Å². The number of phenols is 1.